The first-order chi connectivity index (χ1) is 11.6. The number of hydrogen-bond acceptors (Lipinski definition) is 1. The van der Waals surface area contributed by atoms with Crippen LogP contribution in [0.5, 0.6) is 0 Å². The summed E-state index contributed by atoms with van der Waals surface area (Å²) in [7, 11) is 2.05. The van der Waals surface area contributed by atoms with E-state index in [0.717, 1.165) is 33.2 Å². The topological polar surface area (TPSA) is 21.4 Å². The number of hydrogen-bond donors (Lipinski definition) is 0. The van der Waals surface area contributed by atoms with E-state index in [9.17, 15) is 0 Å². The minimum atomic E-state index is 0.640. The van der Waals surface area contributed by atoms with Crippen LogP contribution >= 0.6 is 0 Å². The van der Waals surface area contributed by atoms with E-state index in [0.29, 0.717) is 5.69 Å². The van der Waals surface area contributed by atoms with Crippen LogP contribution in [0.4, 0.5) is 5.69 Å². The second kappa shape index (κ2) is 5.21. The van der Waals surface area contributed by atoms with E-state index >= 15 is 0 Å². The van der Waals surface area contributed by atoms with Crippen molar-refractivity contribution in [2.45, 2.75) is 13.8 Å². The Balaban J connectivity index is 2.20. The molecule has 0 N–H and O–H groups in total. The van der Waals surface area contributed by atoms with E-state index in [2.05, 4.69) is 54.7 Å². The molecule has 2 aromatic heterocycles. The Bertz CT molecular complexity index is 1150. The van der Waals surface area contributed by atoms with Gasteiger partial charge in [0.15, 0.2) is 11.9 Å². The standard InChI is InChI=1S/C21H17N2O/c1-13-12-18-20(21-15(22-3)8-7-10-17(21)24-18)14(2)19(13)16-9-5-6-11-23(16)4/h5-12H,1-2,4H3/q+1. The molecule has 3 heteroatoms. The molecule has 0 radical (unpaired) electrons. The molecule has 0 saturated carbocycles. The van der Waals surface area contributed by atoms with Crippen molar-refractivity contribution >= 4 is 27.6 Å². The zero-order valence-electron chi connectivity index (χ0n) is 13.9. The van der Waals surface area contributed by atoms with E-state index in [-0.39, 0.29) is 0 Å². The molecule has 0 aliphatic heterocycles. The minimum Gasteiger partial charge on any atom is -0.457 e. The molecular formula is C21H17N2O+. The molecule has 0 atom stereocenters. The van der Waals surface area contributed by atoms with E-state index in [1.54, 1.807) is 0 Å². The fourth-order valence-corrected chi connectivity index (χ4v) is 3.58. The molecule has 0 bridgehead atoms. The summed E-state index contributed by atoms with van der Waals surface area (Å²) >= 11 is 0. The number of aromatic nitrogens is 1. The van der Waals surface area contributed by atoms with Gasteiger partial charge in [-0.05, 0) is 43.2 Å². The van der Waals surface area contributed by atoms with E-state index in [1.165, 1.54) is 11.1 Å². The largest absolute Gasteiger partial charge is 0.457 e. The van der Waals surface area contributed by atoms with Crippen molar-refractivity contribution in [3.63, 3.8) is 0 Å². The van der Waals surface area contributed by atoms with Crippen LogP contribution in [0.1, 0.15) is 11.1 Å². The van der Waals surface area contributed by atoms with E-state index < -0.39 is 0 Å². The predicted molar refractivity (Wildman–Crippen MR) is 96.1 cm³/mol. The molecule has 0 aliphatic rings. The van der Waals surface area contributed by atoms with Gasteiger partial charge in [0.05, 0.1) is 12.1 Å². The average molecular weight is 313 g/mol. The molecule has 0 unspecified atom stereocenters. The van der Waals surface area contributed by atoms with Gasteiger partial charge in [-0.15, -0.1) is 0 Å². The molecular weight excluding hydrogens is 296 g/mol. The maximum atomic E-state index is 7.48. The van der Waals surface area contributed by atoms with Gasteiger partial charge in [0.1, 0.15) is 18.2 Å². The van der Waals surface area contributed by atoms with Crippen LogP contribution in [0.3, 0.4) is 0 Å². The Labute approximate surface area is 140 Å². The first-order valence-electron chi connectivity index (χ1n) is 7.89. The molecule has 2 heterocycles. The summed E-state index contributed by atoms with van der Waals surface area (Å²) in [5.74, 6) is 0. The van der Waals surface area contributed by atoms with Crippen molar-refractivity contribution in [1.29, 1.82) is 0 Å². The SMILES string of the molecule is [C-]#[N+]c1cccc2oc3cc(C)c(-c4cccc[n+]4C)c(C)c3c12. The Kier molecular flexibility index (Phi) is 3.14. The van der Waals surface area contributed by atoms with Gasteiger partial charge in [-0.25, -0.2) is 9.41 Å². The zero-order valence-corrected chi connectivity index (χ0v) is 13.9. The molecule has 4 aromatic rings. The Hall–Kier alpha value is -3.12. The molecule has 2 aromatic carbocycles. The van der Waals surface area contributed by atoms with Crippen molar-refractivity contribution in [3.05, 3.63) is 71.2 Å². The van der Waals surface area contributed by atoms with Gasteiger partial charge in [0, 0.05) is 22.9 Å². The first-order valence-corrected chi connectivity index (χ1v) is 7.89. The summed E-state index contributed by atoms with van der Waals surface area (Å²) < 4.78 is 8.15. The van der Waals surface area contributed by atoms with Gasteiger partial charge in [-0.2, -0.15) is 0 Å². The van der Waals surface area contributed by atoms with Crippen LogP contribution in [0.2, 0.25) is 0 Å². The highest BCUT2D eigenvalue weighted by molar-refractivity contribution is 6.14. The summed E-state index contributed by atoms with van der Waals surface area (Å²) in [6.45, 7) is 11.7. The van der Waals surface area contributed by atoms with Crippen molar-refractivity contribution in [2.24, 2.45) is 7.05 Å². The molecule has 3 nitrogen and oxygen atoms in total. The summed E-state index contributed by atoms with van der Waals surface area (Å²) in [6, 6.07) is 13.9. The lowest BCUT2D eigenvalue weighted by Gasteiger charge is -2.09. The molecule has 0 saturated heterocycles. The molecule has 0 aliphatic carbocycles. The van der Waals surface area contributed by atoms with Crippen LogP contribution in [0.15, 0.2) is 53.1 Å². The van der Waals surface area contributed by atoms with Crippen LogP contribution < -0.4 is 4.57 Å². The lowest BCUT2D eigenvalue weighted by atomic mass is 9.94. The predicted octanol–water partition coefficient (Wildman–Crippen LogP) is 5.25. The van der Waals surface area contributed by atoms with Crippen LogP contribution in [0, 0.1) is 20.4 Å². The second-order valence-corrected chi connectivity index (χ2v) is 6.13. The van der Waals surface area contributed by atoms with Gasteiger partial charge in [-0.1, -0.05) is 12.1 Å². The van der Waals surface area contributed by atoms with Gasteiger partial charge < -0.3 is 4.42 Å². The maximum Gasteiger partial charge on any atom is 0.212 e. The number of nitrogens with zero attached hydrogens (tertiary/aromatic N) is 2. The highest BCUT2D eigenvalue weighted by atomic mass is 16.3. The quantitative estimate of drug-likeness (QED) is 0.347. The van der Waals surface area contributed by atoms with Crippen LogP contribution in [-0.2, 0) is 7.05 Å². The molecule has 116 valence electrons. The second-order valence-electron chi connectivity index (χ2n) is 6.13. The summed E-state index contributed by atoms with van der Waals surface area (Å²) in [5.41, 5.74) is 6.94. The molecule has 0 fully saturated rings. The molecule has 24 heavy (non-hydrogen) atoms. The molecule has 0 spiro atoms. The fraction of sp³-hybridized carbons (Fsp3) is 0.143. The van der Waals surface area contributed by atoms with Crippen LogP contribution in [0.25, 0.3) is 38.0 Å². The maximum absolute atomic E-state index is 7.48. The smallest absolute Gasteiger partial charge is 0.212 e. The average Bonchev–Trinajstić information content (AvgIpc) is 2.94. The van der Waals surface area contributed by atoms with Crippen molar-refractivity contribution in [2.75, 3.05) is 0 Å². The van der Waals surface area contributed by atoms with Gasteiger partial charge in [-0.3, -0.25) is 0 Å². The number of rotatable bonds is 1. The highest BCUT2D eigenvalue weighted by Gasteiger charge is 2.21. The van der Waals surface area contributed by atoms with E-state index in [1.807, 2.05) is 24.3 Å². The third kappa shape index (κ3) is 1.93. The number of pyridine rings is 1. The van der Waals surface area contributed by atoms with Crippen LogP contribution in [-0.4, -0.2) is 0 Å². The normalized spacial score (nSPS) is 11.1. The third-order valence-corrected chi connectivity index (χ3v) is 4.64. The van der Waals surface area contributed by atoms with Crippen molar-refractivity contribution in [3.8, 4) is 11.3 Å². The summed E-state index contributed by atoms with van der Waals surface area (Å²) in [4.78, 5) is 3.69. The zero-order chi connectivity index (χ0) is 16.8. The van der Waals surface area contributed by atoms with Gasteiger partial charge in [0.25, 0.3) is 0 Å². The number of fused-ring (bicyclic) bond motifs is 3. The van der Waals surface area contributed by atoms with Crippen molar-refractivity contribution < 1.29 is 8.98 Å². The summed E-state index contributed by atoms with van der Waals surface area (Å²) in [6.07, 6.45) is 2.05. The van der Waals surface area contributed by atoms with Crippen molar-refractivity contribution in [1.82, 2.24) is 0 Å². The summed E-state index contributed by atoms with van der Waals surface area (Å²) in [5, 5.41) is 1.96. The Morgan fingerprint density at radius 1 is 1.00 bits per heavy atom. The Morgan fingerprint density at radius 2 is 1.83 bits per heavy atom. The molecule has 4 rings (SSSR count). The molecule has 0 amide bonds. The number of benzene rings is 2. The monoisotopic (exact) mass is 313 g/mol. The lowest BCUT2D eigenvalue weighted by Crippen LogP contribution is -2.30. The Morgan fingerprint density at radius 3 is 2.58 bits per heavy atom. The van der Waals surface area contributed by atoms with Gasteiger partial charge in [0.2, 0.25) is 5.69 Å². The fourth-order valence-electron chi connectivity index (χ4n) is 3.58. The number of furan rings is 1. The number of aryl methyl sites for hydroxylation is 3. The highest BCUT2D eigenvalue weighted by Crippen LogP contribution is 2.41. The third-order valence-electron chi connectivity index (χ3n) is 4.64. The van der Waals surface area contributed by atoms with Gasteiger partial charge >= 0.3 is 0 Å². The minimum absolute atomic E-state index is 0.640. The van der Waals surface area contributed by atoms with E-state index in [4.69, 9.17) is 11.0 Å². The lowest BCUT2D eigenvalue weighted by molar-refractivity contribution is -0.660. The first kappa shape index (κ1) is 14.5.